The van der Waals surface area contributed by atoms with E-state index in [1.54, 1.807) is 0 Å². The largest absolute Gasteiger partial charge is 0.296 e. The molecule has 3 aromatic rings. The van der Waals surface area contributed by atoms with Gasteiger partial charge in [-0.15, -0.1) is 0 Å². The van der Waals surface area contributed by atoms with Gasteiger partial charge >= 0.3 is 0 Å². The van der Waals surface area contributed by atoms with Crippen LogP contribution < -0.4 is 5.56 Å². The molecule has 1 aliphatic heterocycles. The Morgan fingerprint density at radius 3 is 2.84 bits per heavy atom. The molecule has 0 unspecified atom stereocenters. The number of fused-ring (bicyclic) bond motifs is 2. The van der Waals surface area contributed by atoms with Gasteiger partial charge in [-0.05, 0) is 54.5 Å². The lowest BCUT2D eigenvalue weighted by atomic mass is 9.85. The third kappa shape index (κ3) is 3.21. The van der Waals surface area contributed by atoms with E-state index in [0.717, 1.165) is 54.6 Å². The summed E-state index contributed by atoms with van der Waals surface area (Å²) in [7, 11) is 0. The van der Waals surface area contributed by atoms with Crippen molar-refractivity contribution in [1.82, 2.24) is 14.5 Å². The molecule has 0 N–H and O–H groups in total. The Labute approximate surface area is 147 Å². The zero-order valence-electron chi connectivity index (χ0n) is 14.8. The van der Waals surface area contributed by atoms with Crippen LogP contribution >= 0.6 is 0 Å². The lowest BCUT2D eigenvalue weighted by molar-refractivity contribution is 0.240. The summed E-state index contributed by atoms with van der Waals surface area (Å²) >= 11 is 0. The summed E-state index contributed by atoms with van der Waals surface area (Å²) in [5.41, 5.74) is 3.38. The summed E-state index contributed by atoms with van der Waals surface area (Å²) in [6.07, 6.45) is 5.57. The van der Waals surface area contributed by atoms with E-state index in [1.807, 2.05) is 35.0 Å². The van der Waals surface area contributed by atoms with Crippen molar-refractivity contribution in [1.29, 1.82) is 0 Å². The Kier molecular flexibility index (Phi) is 3.91. The van der Waals surface area contributed by atoms with Crippen LogP contribution in [0.25, 0.3) is 10.9 Å². The zero-order valence-corrected chi connectivity index (χ0v) is 14.8. The van der Waals surface area contributed by atoms with E-state index < -0.39 is 0 Å². The highest BCUT2D eigenvalue weighted by molar-refractivity contribution is 5.78. The molecular formula is C21H23N3O. The molecule has 0 spiro atoms. The predicted molar refractivity (Wildman–Crippen MR) is 99.8 cm³/mol. The average molecular weight is 333 g/mol. The fraction of sp³-hybridized carbons (Fsp3) is 0.381. The molecule has 0 bridgehead atoms. The highest BCUT2D eigenvalue weighted by Crippen LogP contribution is 2.29. The van der Waals surface area contributed by atoms with Crippen molar-refractivity contribution >= 4 is 10.9 Å². The van der Waals surface area contributed by atoms with E-state index in [0.29, 0.717) is 0 Å². The number of nitrogens with zero attached hydrogens (tertiary/aromatic N) is 3. The minimum Gasteiger partial charge on any atom is -0.296 e. The number of aromatic nitrogens is 3. The quantitative estimate of drug-likeness (QED) is 0.736. The van der Waals surface area contributed by atoms with Gasteiger partial charge < -0.3 is 0 Å². The fourth-order valence-corrected chi connectivity index (χ4v) is 3.60. The molecule has 0 amide bonds. The summed E-state index contributed by atoms with van der Waals surface area (Å²) in [6.45, 7) is 5.19. The van der Waals surface area contributed by atoms with Crippen molar-refractivity contribution in [3.63, 3.8) is 0 Å². The maximum atomic E-state index is 12.9. The zero-order chi connectivity index (χ0) is 17.4. The van der Waals surface area contributed by atoms with Crippen LogP contribution in [0.2, 0.25) is 0 Å². The van der Waals surface area contributed by atoms with Crippen molar-refractivity contribution in [2.24, 2.45) is 5.41 Å². The Bertz CT molecular complexity index is 974. The molecule has 0 radical (unpaired) electrons. The number of hydrogen-bond acceptors (Lipinski definition) is 3. The van der Waals surface area contributed by atoms with E-state index in [2.05, 4.69) is 31.0 Å². The molecule has 0 aliphatic carbocycles. The maximum Gasteiger partial charge on any atom is 0.261 e. The third-order valence-electron chi connectivity index (χ3n) is 5.11. The van der Waals surface area contributed by atoms with Gasteiger partial charge in [-0.2, -0.15) is 0 Å². The van der Waals surface area contributed by atoms with Gasteiger partial charge in [0.25, 0.3) is 5.56 Å². The molecule has 1 aromatic carbocycles. The molecule has 0 saturated heterocycles. The second-order valence-electron chi connectivity index (χ2n) is 7.76. The normalized spacial score (nSPS) is 15.9. The van der Waals surface area contributed by atoms with Gasteiger partial charge in [-0.3, -0.25) is 14.3 Å². The number of pyridine rings is 1. The fourth-order valence-electron chi connectivity index (χ4n) is 3.60. The SMILES string of the molecule is CC1(C)CCc2nc3cc(CCc4ccccn4)ccc3c(=O)n2C1. The first-order chi connectivity index (χ1) is 12.0. The third-order valence-corrected chi connectivity index (χ3v) is 5.11. The Hall–Kier alpha value is -2.49. The lowest BCUT2D eigenvalue weighted by Crippen LogP contribution is -2.36. The van der Waals surface area contributed by atoms with Crippen LogP contribution in [0.4, 0.5) is 0 Å². The van der Waals surface area contributed by atoms with Crippen LogP contribution in [0.5, 0.6) is 0 Å². The first-order valence-electron chi connectivity index (χ1n) is 8.94. The van der Waals surface area contributed by atoms with Crippen molar-refractivity contribution in [3.05, 3.63) is 70.0 Å². The molecular weight excluding hydrogens is 310 g/mol. The standard InChI is InChI=1S/C21H23N3O/c1-21(2)11-10-19-23-18-13-15(6-8-16-5-3-4-12-22-16)7-9-17(18)20(25)24(19)14-21/h3-5,7,9,12-13H,6,8,10-11,14H2,1-2H3. The maximum absolute atomic E-state index is 12.9. The monoisotopic (exact) mass is 333 g/mol. The van der Waals surface area contributed by atoms with Gasteiger partial charge in [-0.25, -0.2) is 4.98 Å². The average Bonchev–Trinajstić information content (AvgIpc) is 2.61. The van der Waals surface area contributed by atoms with E-state index >= 15 is 0 Å². The number of hydrogen-bond donors (Lipinski definition) is 0. The summed E-state index contributed by atoms with van der Waals surface area (Å²) in [6, 6.07) is 12.0. The Morgan fingerprint density at radius 2 is 2.04 bits per heavy atom. The minimum atomic E-state index is 0.101. The highest BCUT2D eigenvalue weighted by Gasteiger charge is 2.27. The second-order valence-corrected chi connectivity index (χ2v) is 7.76. The summed E-state index contributed by atoms with van der Waals surface area (Å²) in [4.78, 5) is 22.0. The van der Waals surface area contributed by atoms with E-state index in [4.69, 9.17) is 4.98 Å². The summed E-state index contributed by atoms with van der Waals surface area (Å²) < 4.78 is 1.87. The molecule has 2 aromatic heterocycles. The van der Waals surface area contributed by atoms with Crippen LogP contribution in [0.3, 0.4) is 0 Å². The van der Waals surface area contributed by atoms with Crippen LogP contribution in [-0.2, 0) is 25.8 Å². The molecule has 1 aliphatic rings. The first kappa shape index (κ1) is 16.0. The van der Waals surface area contributed by atoms with Crippen LogP contribution in [0.1, 0.15) is 37.4 Å². The van der Waals surface area contributed by atoms with Gasteiger partial charge in [0.05, 0.1) is 10.9 Å². The van der Waals surface area contributed by atoms with Gasteiger partial charge in [0.2, 0.25) is 0 Å². The summed E-state index contributed by atoms with van der Waals surface area (Å²) in [5, 5.41) is 0.725. The van der Waals surface area contributed by atoms with Gasteiger partial charge in [0.1, 0.15) is 5.82 Å². The van der Waals surface area contributed by atoms with Crippen molar-refractivity contribution in [2.45, 2.75) is 46.1 Å². The molecule has 3 heterocycles. The van der Waals surface area contributed by atoms with E-state index in [9.17, 15) is 4.79 Å². The number of aryl methyl sites for hydroxylation is 3. The van der Waals surface area contributed by atoms with Crippen LogP contribution in [0, 0.1) is 5.41 Å². The molecule has 0 atom stereocenters. The van der Waals surface area contributed by atoms with Gasteiger partial charge in [0.15, 0.2) is 0 Å². The molecule has 0 saturated carbocycles. The van der Waals surface area contributed by atoms with Crippen molar-refractivity contribution in [3.8, 4) is 0 Å². The van der Waals surface area contributed by atoms with E-state index in [-0.39, 0.29) is 11.0 Å². The smallest absolute Gasteiger partial charge is 0.261 e. The topological polar surface area (TPSA) is 47.8 Å². The number of rotatable bonds is 3. The summed E-state index contributed by atoms with van der Waals surface area (Å²) in [5.74, 6) is 0.929. The molecule has 0 fully saturated rings. The highest BCUT2D eigenvalue weighted by atomic mass is 16.1. The first-order valence-corrected chi connectivity index (χ1v) is 8.94. The molecule has 128 valence electrons. The van der Waals surface area contributed by atoms with Crippen LogP contribution in [0.15, 0.2) is 47.4 Å². The Balaban J connectivity index is 1.66. The van der Waals surface area contributed by atoms with Gasteiger partial charge in [-0.1, -0.05) is 26.0 Å². The molecule has 4 nitrogen and oxygen atoms in total. The second kappa shape index (κ2) is 6.10. The predicted octanol–water partition coefficient (Wildman–Crippen LogP) is 3.55. The number of benzene rings is 1. The molecule has 4 rings (SSSR count). The van der Waals surface area contributed by atoms with Crippen LogP contribution in [-0.4, -0.2) is 14.5 Å². The molecule has 25 heavy (non-hydrogen) atoms. The van der Waals surface area contributed by atoms with Gasteiger partial charge in [0, 0.05) is 24.9 Å². The Morgan fingerprint density at radius 1 is 1.16 bits per heavy atom. The van der Waals surface area contributed by atoms with E-state index in [1.165, 1.54) is 5.56 Å². The minimum absolute atomic E-state index is 0.101. The van der Waals surface area contributed by atoms with Crippen molar-refractivity contribution in [2.75, 3.05) is 0 Å². The lowest BCUT2D eigenvalue weighted by Gasteiger charge is -2.31. The van der Waals surface area contributed by atoms with Crippen molar-refractivity contribution < 1.29 is 0 Å². The molecule has 4 heteroatoms.